The standard InChI is InChI=1S/C55H97O12P/c1-3-5-7-9-11-13-15-17-19-21-22-23-24-25-26-27-29-31-33-35-37-39-41-43-45-64-46-48(47-65-68(62,63)67-55-53(60)51(58)50(57)52(59)54(55)61)66-49(56)44-42-40-38-36-34-32-30-28-20-18-16-14-12-10-8-6-4-2/h5,7,11,13,17-20,22-23,25-26,48,50-55,57-61H,3-4,6,8-10,12,14-16,21,24,27-47H2,1-2H3,(H,62,63)/b7-5-,13-11-,19-17-,20-18-,23-22-,26-25-. The highest BCUT2D eigenvalue weighted by Gasteiger charge is 2.51. The molecule has 0 aromatic carbocycles. The molecule has 1 rings (SSSR count). The molecule has 12 nitrogen and oxygen atoms in total. The summed E-state index contributed by atoms with van der Waals surface area (Å²) >= 11 is 0. The van der Waals surface area contributed by atoms with Gasteiger partial charge in [-0.2, -0.15) is 0 Å². The molecule has 1 saturated carbocycles. The molecule has 0 spiro atoms. The van der Waals surface area contributed by atoms with E-state index in [1.165, 1.54) is 83.5 Å². The Labute approximate surface area is 412 Å². The lowest BCUT2D eigenvalue weighted by atomic mass is 9.85. The van der Waals surface area contributed by atoms with E-state index >= 15 is 0 Å². The molecule has 0 aromatic heterocycles. The van der Waals surface area contributed by atoms with Crippen LogP contribution in [0.25, 0.3) is 0 Å². The maximum absolute atomic E-state index is 12.9. The van der Waals surface area contributed by atoms with Crippen LogP contribution in [0.3, 0.4) is 0 Å². The Bertz CT molecular complexity index is 1400. The Morgan fingerprint density at radius 2 is 0.868 bits per heavy atom. The molecule has 0 aliphatic heterocycles. The van der Waals surface area contributed by atoms with Crippen molar-refractivity contribution in [2.24, 2.45) is 0 Å². The smallest absolute Gasteiger partial charge is 0.457 e. The van der Waals surface area contributed by atoms with Crippen LogP contribution in [0.1, 0.15) is 206 Å². The van der Waals surface area contributed by atoms with E-state index in [1.54, 1.807) is 0 Å². The van der Waals surface area contributed by atoms with Crippen molar-refractivity contribution in [1.82, 2.24) is 0 Å². The van der Waals surface area contributed by atoms with Crippen molar-refractivity contribution in [3.8, 4) is 0 Å². The number of carbonyl (C=O) groups is 1. The number of aliphatic hydroxyl groups excluding tert-OH is 5. The molecule has 1 aliphatic rings. The number of ether oxygens (including phenoxy) is 2. The number of carbonyl (C=O) groups excluding carboxylic acids is 1. The van der Waals surface area contributed by atoms with Gasteiger partial charge in [0, 0.05) is 13.0 Å². The lowest BCUT2D eigenvalue weighted by molar-refractivity contribution is -0.220. The van der Waals surface area contributed by atoms with Crippen LogP contribution >= 0.6 is 7.82 Å². The van der Waals surface area contributed by atoms with Crippen LogP contribution in [-0.4, -0.2) is 98.9 Å². The van der Waals surface area contributed by atoms with Crippen molar-refractivity contribution in [2.75, 3.05) is 19.8 Å². The van der Waals surface area contributed by atoms with Gasteiger partial charge in [0.25, 0.3) is 0 Å². The molecule has 0 aromatic rings. The fraction of sp³-hybridized carbons (Fsp3) is 0.764. The van der Waals surface area contributed by atoms with Gasteiger partial charge >= 0.3 is 13.8 Å². The molecule has 1 aliphatic carbocycles. The fourth-order valence-corrected chi connectivity index (χ4v) is 8.82. The summed E-state index contributed by atoms with van der Waals surface area (Å²) in [5, 5.41) is 50.3. The topological polar surface area (TPSA) is 192 Å². The lowest BCUT2D eigenvalue weighted by Crippen LogP contribution is -2.64. The first-order chi connectivity index (χ1) is 33.0. The third kappa shape index (κ3) is 35.8. The minimum Gasteiger partial charge on any atom is -0.457 e. The van der Waals surface area contributed by atoms with Gasteiger partial charge in [0.05, 0.1) is 13.2 Å². The summed E-state index contributed by atoms with van der Waals surface area (Å²) in [5.41, 5.74) is 0. The van der Waals surface area contributed by atoms with Gasteiger partial charge in [-0.3, -0.25) is 13.8 Å². The second kappa shape index (κ2) is 44.7. The first kappa shape index (κ1) is 63.8. The van der Waals surface area contributed by atoms with Gasteiger partial charge in [-0.1, -0.05) is 189 Å². The first-order valence-corrected chi connectivity index (χ1v) is 28.3. The Morgan fingerprint density at radius 1 is 0.485 bits per heavy atom. The van der Waals surface area contributed by atoms with Gasteiger partial charge in [-0.15, -0.1) is 0 Å². The van der Waals surface area contributed by atoms with Crippen molar-refractivity contribution in [1.29, 1.82) is 0 Å². The molecule has 0 radical (unpaired) electrons. The van der Waals surface area contributed by atoms with Crippen LogP contribution in [0.15, 0.2) is 72.9 Å². The molecule has 6 N–H and O–H groups in total. The van der Waals surface area contributed by atoms with E-state index in [2.05, 4.69) is 86.8 Å². The van der Waals surface area contributed by atoms with E-state index in [4.69, 9.17) is 18.5 Å². The van der Waals surface area contributed by atoms with Crippen molar-refractivity contribution < 1.29 is 58.3 Å². The van der Waals surface area contributed by atoms with E-state index in [0.717, 1.165) is 96.3 Å². The van der Waals surface area contributed by atoms with E-state index < -0.39 is 63.1 Å². The number of hydrogen-bond donors (Lipinski definition) is 6. The molecule has 394 valence electrons. The first-order valence-electron chi connectivity index (χ1n) is 26.8. The third-order valence-electron chi connectivity index (χ3n) is 12.1. The largest absolute Gasteiger partial charge is 0.472 e. The SMILES string of the molecule is CC/C=C\C/C=C\C/C=C\C/C=C\C/C=C\CCCCCCCCCCOCC(COP(=O)(O)OC1C(O)C(O)C(O)C(O)C1O)OC(=O)CCCCCCCCC/C=C\CCCCCCCC. The number of phosphoric acid groups is 1. The zero-order valence-electron chi connectivity index (χ0n) is 42.4. The maximum atomic E-state index is 12.9. The van der Waals surface area contributed by atoms with Crippen LogP contribution in [0.2, 0.25) is 0 Å². The predicted molar refractivity (Wildman–Crippen MR) is 276 cm³/mol. The summed E-state index contributed by atoms with van der Waals surface area (Å²) in [6, 6.07) is 0. The number of allylic oxidation sites excluding steroid dienone is 12. The number of rotatable bonds is 45. The zero-order valence-corrected chi connectivity index (χ0v) is 43.3. The maximum Gasteiger partial charge on any atom is 0.472 e. The van der Waals surface area contributed by atoms with E-state index in [1.807, 2.05) is 0 Å². The molecular weight excluding hydrogens is 884 g/mol. The quantitative estimate of drug-likeness (QED) is 0.0147. The van der Waals surface area contributed by atoms with Crippen molar-refractivity contribution in [2.45, 2.75) is 249 Å². The van der Waals surface area contributed by atoms with Crippen molar-refractivity contribution in [3.05, 3.63) is 72.9 Å². The Balaban J connectivity index is 2.33. The summed E-state index contributed by atoms with van der Waals surface area (Å²) in [5.74, 6) is -0.486. The molecule has 0 saturated heterocycles. The second-order valence-electron chi connectivity index (χ2n) is 18.3. The highest BCUT2D eigenvalue weighted by molar-refractivity contribution is 7.47. The van der Waals surface area contributed by atoms with E-state index in [0.29, 0.717) is 13.0 Å². The van der Waals surface area contributed by atoms with Gasteiger partial charge in [-0.25, -0.2) is 4.57 Å². The van der Waals surface area contributed by atoms with Crippen LogP contribution in [0, 0.1) is 0 Å². The summed E-state index contributed by atoms with van der Waals surface area (Å²) in [6.07, 6.45) is 46.8. The minimum atomic E-state index is -5.03. The van der Waals surface area contributed by atoms with Crippen LogP contribution < -0.4 is 0 Å². The molecule has 1 fully saturated rings. The molecule has 6 atom stereocenters. The van der Waals surface area contributed by atoms with Crippen LogP contribution in [0.4, 0.5) is 0 Å². The lowest BCUT2D eigenvalue weighted by Gasteiger charge is -2.41. The molecule has 0 bridgehead atoms. The van der Waals surface area contributed by atoms with Crippen LogP contribution in [0.5, 0.6) is 0 Å². The molecule has 68 heavy (non-hydrogen) atoms. The summed E-state index contributed by atoms with van der Waals surface area (Å²) in [7, 11) is -5.03. The van der Waals surface area contributed by atoms with Gasteiger partial charge in [0.1, 0.15) is 42.7 Å². The summed E-state index contributed by atoms with van der Waals surface area (Å²) < 4.78 is 34.3. The Morgan fingerprint density at radius 3 is 1.34 bits per heavy atom. The average Bonchev–Trinajstić information content (AvgIpc) is 3.32. The Hall–Kier alpha value is -2.22. The van der Waals surface area contributed by atoms with E-state index in [-0.39, 0.29) is 13.0 Å². The highest BCUT2D eigenvalue weighted by atomic mass is 31.2. The highest BCUT2D eigenvalue weighted by Crippen LogP contribution is 2.47. The normalized spacial score (nSPS) is 21.7. The average molecular weight is 981 g/mol. The summed E-state index contributed by atoms with van der Waals surface area (Å²) in [6.45, 7) is 4.13. The minimum absolute atomic E-state index is 0.0871. The number of phosphoric ester groups is 1. The number of aliphatic hydroxyl groups is 5. The fourth-order valence-electron chi connectivity index (χ4n) is 7.85. The van der Waals surface area contributed by atoms with Crippen LogP contribution in [-0.2, 0) is 27.9 Å². The predicted octanol–water partition coefficient (Wildman–Crippen LogP) is 12.3. The van der Waals surface area contributed by atoms with Gasteiger partial charge in [0.2, 0.25) is 0 Å². The van der Waals surface area contributed by atoms with E-state index in [9.17, 15) is 39.8 Å². The molecule has 13 heteroatoms. The van der Waals surface area contributed by atoms with Gasteiger partial charge in [-0.05, 0) is 83.5 Å². The number of unbranched alkanes of at least 4 members (excludes halogenated alkanes) is 21. The second-order valence-corrected chi connectivity index (χ2v) is 19.7. The monoisotopic (exact) mass is 981 g/mol. The number of hydrogen-bond acceptors (Lipinski definition) is 11. The molecule has 0 heterocycles. The number of esters is 1. The van der Waals surface area contributed by atoms with Crippen molar-refractivity contribution >= 4 is 13.8 Å². The molecule has 0 amide bonds. The molecule has 6 unspecified atom stereocenters. The van der Waals surface area contributed by atoms with Crippen molar-refractivity contribution in [3.63, 3.8) is 0 Å². The van der Waals surface area contributed by atoms with Gasteiger partial charge < -0.3 is 39.9 Å². The molecular formula is C55H97O12P. The third-order valence-corrected chi connectivity index (χ3v) is 13.0. The summed E-state index contributed by atoms with van der Waals surface area (Å²) in [4.78, 5) is 23.3. The zero-order chi connectivity index (χ0) is 49.8. The van der Waals surface area contributed by atoms with Gasteiger partial charge in [0.15, 0.2) is 0 Å². The Kier molecular flexibility index (Phi) is 41.9.